The van der Waals surface area contributed by atoms with Crippen LogP contribution in [0.3, 0.4) is 0 Å². The predicted octanol–water partition coefficient (Wildman–Crippen LogP) is 2.23. The molecule has 0 aliphatic heterocycles. The predicted molar refractivity (Wildman–Crippen MR) is 102 cm³/mol. The molecule has 0 saturated heterocycles. The summed E-state index contributed by atoms with van der Waals surface area (Å²) in [5.74, 6) is -1.62. The van der Waals surface area contributed by atoms with Gasteiger partial charge in [0.15, 0.2) is 11.9 Å². The van der Waals surface area contributed by atoms with Crippen molar-refractivity contribution in [2.24, 2.45) is 5.14 Å². The number of carbonyl (C=O) groups is 2. The number of rotatable bonds is 6. The van der Waals surface area contributed by atoms with E-state index in [1.807, 2.05) is 0 Å². The van der Waals surface area contributed by atoms with Crippen molar-refractivity contribution < 1.29 is 27.5 Å². The van der Waals surface area contributed by atoms with Gasteiger partial charge in [-0.1, -0.05) is 23.2 Å². The van der Waals surface area contributed by atoms with Crippen molar-refractivity contribution in [2.75, 3.05) is 12.4 Å². The van der Waals surface area contributed by atoms with E-state index in [9.17, 15) is 18.0 Å². The quantitative estimate of drug-likeness (QED) is 0.647. The van der Waals surface area contributed by atoms with Gasteiger partial charge in [0, 0.05) is 6.20 Å². The number of aromatic nitrogens is 1. The lowest BCUT2D eigenvalue weighted by Gasteiger charge is -2.15. The molecule has 1 amide bonds. The summed E-state index contributed by atoms with van der Waals surface area (Å²) in [7, 11) is -2.77. The fourth-order valence-corrected chi connectivity index (χ4v) is 2.99. The zero-order valence-electron chi connectivity index (χ0n) is 14.6. The van der Waals surface area contributed by atoms with Crippen molar-refractivity contribution in [3.8, 4) is 5.75 Å². The van der Waals surface area contributed by atoms with E-state index >= 15 is 0 Å². The summed E-state index contributed by atoms with van der Waals surface area (Å²) in [5.41, 5.74) is -0.212. The molecule has 1 aromatic heterocycles. The first-order valence-corrected chi connectivity index (χ1v) is 9.87. The first kappa shape index (κ1) is 21.9. The Bertz CT molecular complexity index is 1030. The Labute approximate surface area is 170 Å². The van der Waals surface area contributed by atoms with E-state index in [2.05, 4.69) is 10.3 Å². The maximum atomic E-state index is 12.4. The summed E-state index contributed by atoms with van der Waals surface area (Å²) in [6.07, 6.45) is 0.0208. The number of ether oxygens (including phenoxy) is 2. The lowest BCUT2D eigenvalue weighted by Crippen LogP contribution is -2.30. The fourth-order valence-electron chi connectivity index (χ4n) is 2.03. The Morgan fingerprint density at radius 1 is 1.25 bits per heavy atom. The first-order valence-electron chi connectivity index (χ1n) is 7.56. The highest BCUT2D eigenvalue weighted by Gasteiger charge is 2.24. The second-order valence-electron chi connectivity index (χ2n) is 5.43. The van der Waals surface area contributed by atoms with Crippen LogP contribution in [-0.2, 0) is 19.6 Å². The summed E-state index contributed by atoms with van der Waals surface area (Å²) < 4.78 is 33.1. The van der Waals surface area contributed by atoms with Crippen LogP contribution in [0.15, 0.2) is 35.4 Å². The largest absolute Gasteiger partial charge is 0.496 e. The molecule has 1 aromatic carbocycles. The Morgan fingerprint density at radius 3 is 2.50 bits per heavy atom. The van der Waals surface area contributed by atoms with Crippen molar-refractivity contribution in [3.05, 3.63) is 46.1 Å². The van der Waals surface area contributed by atoms with Gasteiger partial charge in [-0.05, 0) is 31.2 Å². The number of hydrogen-bond acceptors (Lipinski definition) is 7. The topological polar surface area (TPSA) is 138 Å². The lowest BCUT2D eigenvalue weighted by atomic mass is 10.2. The number of hydrogen-bond donors (Lipinski definition) is 2. The van der Waals surface area contributed by atoms with Crippen LogP contribution in [0, 0.1) is 0 Å². The summed E-state index contributed by atoms with van der Waals surface area (Å²) in [6, 6.07) is 4.80. The lowest BCUT2D eigenvalue weighted by molar-refractivity contribution is -0.123. The van der Waals surface area contributed by atoms with E-state index in [-0.39, 0.29) is 32.1 Å². The SMILES string of the molecule is COc1ccc(S(N)(=O)=O)cc1C(=O)OC(C)C(=O)Nc1ncc(Cl)cc1Cl. The van der Waals surface area contributed by atoms with Gasteiger partial charge < -0.3 is 14.8 Å². The second-order valence-corrected chi connectivity index (χ2v) is 7.83. The number of methoxy groups -OCH3 is 1. The third kappa shape index (κ3) is 5.32. The van der Waals surface area contributed by atoms with E-state index in [0.29, 0.717) is 0 Å². The zero-order chi connectivity index (χ0) is 21.1. The number of carbonyl (C=O) groups excluding carboxylic acids is 2. The molecule has 3 N–H and O–H groups in total. The molecule has 2 aromatic rings. The van der Waals surface area contributed by atoms with Crippen LogP contribution in [0.4, 0.5) is 5.82 Å². The third-order valence-corrected chi connectivity index (χ3v) is 4.83. The molecule has 0 radical (unpaired) electrons. The standard InChI is InChI=1S/C16H15Cl2N3O6S/c1-8(15(22)21-14-12(18)5-9(17)7-20-14)27-16(23)11-6-10(28(19,24)25)3-4-13(11)26-2/h3-8H,1-2H3,(H2,19,24,25)(H,20,21,22). The number of nitrogens with two attached hydrogens (primary N) is 1. The number of primary sulfonamides is 1. The summed E-state index contributed by atoms with van der Waals surface area (Å²) in [4.78, 5) is 28.2. The Hall–Kier alpha value is -2.40. The van der Waals surface area contributed by atoms with Gasteiger partial charge >= 0.3 is 5.97 Å². The summed E-state index contributed by atoms with van der Waals surface area (Å²) >= 11 is 11.7. The Morgan fingerprint density at radius 2 is 1.93 bits per heavy atom. The highest BCUT2D eigenvalue weighted by atomic mass is 35.5. The van der Waals surface area contributed by atoms with E-state index in [1.54, 1.807) is 0 Å². The van der Waals surface area contributed by atoms with Crippen LogP contribution in [0.5, 0.6) is 5.75 Å². The molecule has 2 rings (SSSR count). The number of nitrogens with zero attached hydrogens (tertiary/aromatic N) is 1. The first-order chi connectivity index (χ1) is 13.0. The van der Waals surface area contributed by atoms with Gasteiger partial charge in [-0.3, -0.25) is 4.79 Å². The average molecular weight is 448 g/mol. The molecule has 150 valence electrons. The molecule has 28 heavy (non-hydrogen) atoms. The number of esters is 1. The van der Waals surface area contributed by atoms with E-state index in [4.69, 9.17) is 37.8 Å². The number of halogens is 2. The third-order valence-electron chi connectivity index (χ3n) is 3.42. The maximum absolute atomic E-state index is 12.4. The molecule has 1 unspecified atom stereocenters. The summed E-state index contributed by atoms with van der Waals surface area (Å²) in [5, 5.41) is 7.84. The van der Waals surface area contributed by atoms with Crippen molar-refractivity contribution in [1.29, 1.82) is 0 Å². The Kier molecular flexibility index (Phi) is 6.83. The van der Waals surface area contributed by atoms with E-state index in [0.717, 1.165) is 6.07 Å². The van der Waals surface area contributed by atoms with Gasteiger partial charge in [0.05, 0.1) is 22.1 Å². The Balaban J connectivity index is 2.18. The number of benzene rings is 1. The highest BCUT2D eigenvalue weighted by molar-refractivity contribution is 7.89. The number of amides is 1. The molecule has 0 bridgehead atoms. The van der Waals surface area contributed by atoms with Crippen LogP contribution < -0.4 is 15.2 Å². The molecule has 12 heteroatoms. The molecule has 0 aliphatic carbocycles. The second kappa shape index (κ2) is 8.74. The van der Waals surface area contributed by atoms with Gasteiger partial charge in [-0.15, -0.1) is 0 Å². The minimum absolute atomic E-state index is 0.0350. The molecule has 0 aliphatic rings. The van der Waals surface area contributed by atoms with Crippen molar-refractivity contribution in [1.82, 2.24) is 4.98 Å². The number of pyridine rings is 1. The van der Waals surface area contributed by atoms with Crippen LogP contribution in [0.2, 0.25) is 10.0 Å². The minimum Gasteiger partial charge on any atom is -0.496 e. The van der Waals surface area contributed by atoms with Crippen LogP contribution in [0.1, 0.15) is 17.3 Å². The van der Waals surface area contributed by atoms with Crippen LogP contribution in [-0.4, -0.2) is 38.5 Å². The van der Waals surface area contributed by atoms with Crippen LogP contribution >= 0.6 is 23.2 Å². The normalized spacial score (nSPS) is 12.2. The monoisotopic (exact) mass is 447 g/mol. The fraction of sp³-hybridized carbons (Fsp3) is 0.188. The highest BCUT2D eigenvalue weighted by Crippen LogP contribution is 2.24. The molecule has 0 spiro atoms. The van der Waals surface area contributed by atoms with Gasteiger partial charge in [0.25, 0.3) is 5.91 Å². The smallest absolute Gasteiger partial charge is 0.342 e. The molecule has 9 nitrogen and oxygen atoms in total. The molecule has 0 saturated carbocycles. The average Bonchev–Trinajstić information content (AvgIpc) is 2.62. The van der Waals surface area contributed by atoms with Crippen LogP contribution in [0.25, 0.3) is 0 Å². The van der Waals surface area contributed by atoms with Crippen molar-refractivity contribution in [2.45, 2.75) is 17.9 Å². The molecular formula is C16H15Cl2N3O6S. The van der Waals surface area contributed by atoms with Gasteiger partial charge in [0.2, 0.25) is 10.0 Å². The van der Waals surface area contributed by atoms with Gasteiger partial charge in [-0.2, -0.15) is 0 Å². The molecule has 1 heterocycles. The van der Waals surface area contributed by atoms with Gasteiger partial charge in [0.1, 0.15) is 11.3 Å². The van der Waals surface area contributed by atoms with Crippen molar-refractivity contribution >= 4 is 50.9 Å². The summed E-state index contributed by atoms with van der Waals surface area (Å²) in [6.45, 7) is 1.31. The number of sulfonamides is 1. The zero-order valence-corrected chi connectivity index (χ0v) is 16.9. The van der Waals surface area contributed by atoms with E-state index < -0.39 is 28.0 Å². The maximum Gasteiger partial charge on any atom is 0.342 e. The molecule has 0 fully saturated rings. The molecular weight excluding hydrogens is 433 g/mol. The number of nitrogens with one attached hydrogen (secondary N) is 1. The van der Waals surface area contributed by atoms with E-state index in [1.165, 1.54) is 38.4 Å². The van der Waals surface area contributed by atoms with Crippen molar-refractivity contribution in [3.63, 3.8) is 0 Å². The van der Waals surface area contributed by atoms with Gasteiger partial charge in [-0.25, -0.2) is 23.3 Å². The molecule has 1 atom stereocenters. The number of anilines is 1. The minimum atomic E-state index is -4.05.